The largest absolute Gasteiger partial charge is 0.416 e. The number of nitrogens with two attached hydrogens (primary N) is 1. The lowest BCUT2D eigenvalue weighted by molar-refractivity contribution is -0.137. The molecule has 0 fully saturated rings. The van der Waals surface area contributed by atoms with Crippen molar-refractivity contribution in [1.82, 2.24) is 19.9 Å². The second-order valence-electron chi connectivity index (χ2n) is 6.75. The fraction of sp³-hybridized carbons (Fsp3) is 0.0909. The van der Waals surface area contributed by atoms with Crippen LogP contribution in [-0.2, 0) is 6.18 Å². The van der Waals surface area contributed by atoms with E-state index in [0.29, 0.717) is 11.3 Å². The zero-order chi connectivity index (χ0) is 21.3. The highest BCUT2D eigenvalue weighted by Gasteiger charge is 2.30. The van der Waals surface area contributed by atoms with Crippen molar-refractivity contribution in [3.8, 4) is 33.5 Å². The number of hydrogen-bond donors (Lipinski definition) is 1. The van der Waals surface area contributed by atoms with Gasteiger partial charge in [0.25, 0.3) is 0 Å². The summed E-state index contributed by atoms with van der Waals surface area (Å²) in [6.07, 6.45) is 2.22. The molecule has 0 radical (unpaired) electrons. The van der Waals surface area contributed by atoms with Crippen LogP contribution in [0.2, 0.25) is 0 Å². The molecule has 4 aromatic rings. The first-order valence-electron chi connectivity index (χ1n) is 8.99. The molecule has 0 unspecified atom stereocenters. The average Bonchev–Trinajstić information content (AvgIpc) is 2.73. The fourth-order valence-electron chi connectivity index (χ4n) is 3.06. The van der Waals surface area contributed by atoms with E-state index in [0.717, 1.165) is 40.1 Å². The Balaban J connectivity index is 1.72. The molecule has 8 heteroatoms. The van der Waals surface area contributed by atoms with Crippen molar-refractivity contribution in [3.63, 3.8) is 0 Å². The minimum Gasteiger partial charge on any atom is -0.368 e. The molecule has 0 aliphatic rings. The van der Waals surface area contributed by atoms with Crippen molar-refractivity contribution in [2.75, 3.05) is 5.73 Å². The lowest BCUT2D eigenvalue weighted by Crippen LogP contribution is -2.04. The predicted molar refractivity (Wildman–Crippen MR) is 108 cm³/mol. The molecule has 30 heavy (non-hydrogen) atoms. The lowest BCUT2D eigenvalue weighted by atomic mass is 10.0. The van der Waals surface area contributed by atoms with Gasteiger partial charge in [0.2, 0.25) is 5.95 Å². The predicted octanol–water partition coefficient (Wildman–Crippen LogP) is 5.18. The first kappa shape index (κ1) is 19.5. The van der Waals surface area contributed by atoms with E-state index in [1.807, 2.05) is 25.1 Å². The average molecular weight is 407 g/mol. The van der Waals surface area contributed by atoms with Gasteiger partial charge in [-0.1, -0.05) is 12.1 Å². The number of anilines is 1. The van der Waals surface area contributed by atoms with Gasteiger partial charge in [-0.3, -0.25) is 9.97 Å². The van der Waals surface area contributed by atoms with E-state index >= 15 is 0 Å². The first-order chi connectivity index (χ1) is 14.3. The van der Waals surface area contributed by atoms with Crippen LogP contribution < -0.4 is 5.73 Å². The summed E-state index contributed by atoms with van der Waals surface area (Å²) < 4.78 is 38.5. The molecule has 1 aromatic carbocycles. The smallest absolute Gasteiger partial charge is 0.368 e. The quantitative estimate of drug-likeness (QED) is 0.507. The van der Waals surface area contributed by atoms with Crippen molar-refractivity contribution >= 4 is 5.95 Å². The van der Waals surface area contributed by atoms with E-state index in [2.05, 4.69) is 19.9 Å². The molecule has 0 saturated heterocycles. The van der Waals surface area contributed by atoms with Gasteiger partial charge >= 0.3 is 6.18 Å². The van der Waals surface area contributed by atoms with Gasteiger partial charge in [0.05, 0.1) is 11.3 Å². The van der Waals surface area contributed by atoms with E-state index in [9.17, 15) is 13.2 Å². The minimum absolute atomic E-state index is 0.185. The number of hydrogen-bond acceptors (Lipinski definition) is 5. The highest BCUT2D eigenvalue weighted by molar-refractivity contribution is 5.74. The topological polar surface area (TPSA) is 77.6 Å². The molecular formula is C22H16F3N5. The third-order valence-electron chi connectivity index (χ3n) is 4.54. The molecule has 4 rings (SSSR count). The van der Waals surface area contributed by atoms with Crippen LogP contribution in [0.15, 0.2) is 67.3 Å². The SMILES string of the molecule is Cc1cc(-c2ccc(C(F)(F)F)cc2)cc(-c2cncc(-c3cnc(N)nc3)c2)n1. The summed E-state index contributed by atoms with van der Waals surface area (Å²) in [5.74, 6) is 0.185. The fourth-order valence-corrected chi connectivity index (χ4v) is 3.06. The van der Waals surface area contributed by atoms with Gasteiger partial charge in [-0.25, -0.2) is 9.97 Å². The molecule has 3 heterocycles. The Morgan fingerprint density at radius 1 is 0.733 bits per heavy atom. The molecule has 2 N–H and O–H groups in total. The minimum atomic E-state index is -4.37. The molecule has 0 aliphatic heterocycles. The second-order valence-corrected chi connectivity index (χ2v) is 6.75. The van der Waals surface area contributed by atoms with Crippen molar-refractivity contribution in [2.45, 2.75) is 13.1 Å². The van der Waals surface area contributed by atoms with Crippen LogP contribution in [0.25, 0.3) is 33.5 Å². The number of benzene rings is 1. The number of aryl methyl sites for hydroxylation is 1. The number of nitrogens with zero attached hydrogens (tertiary/aromatic N) is 4. The molecule has 0 bridgehead atoms. The standard InChI is InChI=1S/C22H16F3N5/c1-13-6-15(14-2-4-19(5-3-14)22(23,24)25)8-20(30-13)17-7-16(9-27-10-17)18-11-28-21(26)29-12-18/h2-12H,1H3,(H2,26,28,29). The molecule has 0 atom stereocenters. The van der Waals surface area contributed by atoms with Crippen LogP contribution in [-0.4, -0.2) is 19.9 Å². The normalized spacial score (nSPS) is 11.5. The Morgan fingerprint density at radius 3 is 2.07 bits per heavy atom. The van der Waals surface area contributed by atoms with Crippen molar-refractivity contribution in [2.24, 2.45) is 0 Å². The van der Waals surface area contributed by atoms with Crippen LogP contribution in [0.3, 0.4) is 0 Å². The van der Waals surface area contributed by atoms with E-state index in [1.54, 1.807) is 24.8 Å². The maximum absolute atomic E-state index is 12.8. The molecule has 150 valence electrons. The van der Waals surface area contributed by atoms with Gasteiger partial charge in [-0.2, -0.15) is 13.2 Å². The van der Waals surface area contributed by atoms with Crippen molar-refractivity contribution in [3.05, 3.63) is 78.5 Å². The van der Waals surface area contributed by atoms with Crippen LogP contribution in [0.5, 0.6) is 0 Å². The number of aromatic nitrogens is 4. The zero-order valence-corrected chi connectivity index (χ0v) is 15.9. The van der Waals surface area contributed by atoms with Crippen LogP contribution in [0, 0.1) is 6.92 Å². The lowest BCUT2D eigenvalue weighted by Gasteiger charge is -2.10. The molecule has 0 aliphatic carbocycles. The Kier molecular flexibility index (Phi) is 4.91. The summed E-state index contributed by atoms with van der Waals surface area (Å²) >= 11 is 0. The molecular weight excluding hydrogens is 391 g/mol. The second kappa shape index (κ2) is 7.55. The van der Waals surface area contributed by atoms with Crippen molar-refractivity contribution < 1.29 is 13.2 Å². The molecule has 0 saturated carbocycles. The summed E-state index contributed by atoms with van der Waals surface area (Å²) in [5.41, 5.74) is 10.0. The summed E-state index contributed by atoms with van der Waals surface area (Å²) in [5, 5.41) is 0. The summed E-state index contributed by atoms with van der Waals surface area (Å²) in [4.78, 5) is 16.8. The maximum Gasteiger partial charge on any atom is 0.416 e. The summed E-state index contributed by atoms with van der Waals surface area (Å²) in [6.45, 7) is 1.84. The van der Waals surface area contributed by atoms with Gasteiger partial charge in [0, 0.05) is 47.2 Å². The number of nitrogen functional groups attached to an aromatic ring is 1. The number of pyridine rings is 2. The highest BCUT2D eigenvalue weighted by atomic mass is 19.4. The zero-order valence-electron chi connectivity index (χ0n) is 15.9. The Labute approximate surface area is 170 Å². The molecule has 0 amide bonds. The monoisotopic (exact) mass is 407 g/mol. The number of rotatable bonds is 3. The van der Waals surface area contributed by atoms with Crippen molar-refractivity contribution in [1.29, 1.82) is 0 Å². The highest BCUT2D eigenvalue weighted by Crippen LogP contribution is 2.32. The summed E-state index contributed by atoms with van der Waals surface area (Å²) in [6, 6.07) is 10.6. The number of alkyl halides is 3. The Bertz CT molecular complexity index is 1190. The van der Waals surface area contributed by atoms with E-state index in [1.165, 1.54) is 12.1 Å². The van der Waals surface area contributed by atoms with Gasteiger partial charge < -0.3 is 5.73 Å². The molecule has 0 spiro atoms. The van der Waals surface area contributed by atoms with E-state index in [-0.39, 0.29) is 5.95 Å². The van der Waals surface area contributed by atoms with Gasteiger partial charge in [0.15, 0.2) is 0 Å². The number of halogens is 3. The van der Waals surface area contributed by atoms with Gasteiger partial charge in [-0.05, 0) is 48.4 Å². The van der Waals surface area contributed by atoms with Crippen LogP contribution in [0.1, 0.15) is 11.3 Å². The first-order valence-corrected chi connectivity index (χ1v) is 8.99. The maximum atomic E-state index is 12.8. The van der Waals surface area contributed by atoms with Crippen LogP contribution in [0.4, 0.5) is 19.1 Å². The van der Waals surface area contributed by atoms with E-state index < -0.39 is 11.7 Å². The Hall–Kier alpha value is -3.81. The molecule has 5 nitrogen and oxygen atoms in total. The third-order valence-corrected chi connectivity index (χ3v) is 4.54. The summed E-state index contributed by atoms with van der Waals surface area (Å²) in [7, 11) is 0. The van der Waals surface area contributed by atoms with Crippen LogP contribution >= 0.6 is 0 Å². The van der Waals surface area contributed by atoms with Gasteiger partial charge in [0.1, 0.15) is 0 Å². The van der Waals surface area contributed by atoms with Gasteiger partial charge in [-0.15, -0.1) is 0 Å². The van der Waals surface area contributed by atoms with E-state index in [4.69, 9.17) is 5.73 Å². The third kappa shape index (κ3) is 4.12. The Morgan fingerprint density at radius 2 is 1.40 bits per heavy atom. The molecule has 3 aromatic heterocycles.